The molecule has 3 aromatic rings. The van der Waals surface area contributed by atoms with Crippen molar-refractivity contribution in [3.05, 3.63) is 59.3 Å². The lowest BCUT2D eigenvalue weighted by molar-refractivity contribution is 0.395. The minimum atomic E-state index is -0.196. The smallest absolute Gasteiger partial charge is 0.150 e. The van der Waals surface area contributed by atoms with E-state index in [9.17, 15) is 5.11 Å². The van der Waals surface area contributed by atoms with Gasteiger partial charge in [0.2, 0.25) is 0 Å². The van der Waals surface area contributed by atoms with E-state index in [4.69, 9.17) is 4.74 Å². The number of methoxy groups -OCH3 is 1. The molecule has 1 aromatic heterocycles. The van der Waals surface area contributed by atoms with Crippen LogP contribution in [0, 0.1) is 13.8 Å². The molecule has 0 spiro atoms. The van der Waals surface area contributed by atoms with Crippen molar-refractivity contribution >= 4 is 5.69 Å². The molecule has 0 amide bonds. The zero-order valence-electron chi connectivity index (χ0n) is 13.9. The maximum Gasteiger partial charge on any atom is 0.150 e. The van der Waals surface area contributed by atoms with E-state index >= 15 is 0 Å². The Bertz CT molecular complexity index is 930. The summed E-state index contributed by atoms with van der Waals surface area (Å²) in [5.74, 6) is 0.809. The summed E-state index contributed by atoms with van der Waals surface area (Å²) in [5, 5.41) is 18.0. The van der Waals surface area contributed by atoms with E-state index in [1.54, 1.807) is 19.2 Å². The van der Waals surface area contributed by atoms with Gasteiger partial charge in [-0.2, -0.15) is 5.10 Å². The predicted octanol–water partition coefficient (Wildman–Crippen LogP) is 3.85. The predicted molar refractivity (Wildman–Crippen MR) is 93.6 cm³/mol. The molecule has 2 heterocycles. The molecule has 0 radical (unpaired) electrons. The first-order valence-electron chi connectivity index (χ1n) is 7.88. The number of rotatable bonds is 2. The van der Waals surface area contributed by atoms with Crippen LogP contribution in [-0.2, 0) is 0 Å². The topological polar surface area (TPSA) is 59.3 Å². The van der Waals surface area contributed by atoms with Gasteiger partial charge in [-0.25, -0.2) is 4.68 Å². The monoisotopic (exact) mass is 321 g/mol. The third kappa shape index (κ3) is 2.12. The van der Waals surface area contributed by atoms with E-state index in [0.29, 0.717) is 5.75 Å². The molecule has 0 saturated heterocycles. The van der Waals surface area contributed by atoms with Gasteiger partial charge in [-0.1, -0.05) is 18.2 Å². The molecule has 1 aliphatic heterocycles. The molecule has 2 aromatic carbocycles. The molecule has 4 rings (SSSR count). The molecule has 0 aliphatic carbocycles. The third-order valence-electron chi connectivity index (χ3n) is 4.44. The quantitative estimate of drug-likeness (QED) is 0.752. The van der Waals surface area contributed by atoms with Crippen molar-refractivity contribution in [1.29, 1.82) is 0 Å². The van der Waals surface area contributed by atoms with Crippen molar-refractivity contribution in [2.24, 2.45) is 0 Å². The van der Waals surface area contributed by atoms with Crippen molar-refractivity contribution in [1.82, 2.24) is 9.78 Å². The minimum Gasteiger partial charge on any atom is -0.508 e. The van der Waals surface area contributed by atoms with Gasteiger partial charge in [0, 0.05) is 22.9 Å². The summed E-state index contributed by atoms with van der Waals surface area (Å²) in [5.41, 5.74) is 6.39. The standard InChI is InChI=1S/C19H19N3O2/c1-11-5-4-6-14-16-9-12(2)21-22(16)19(20-18(11)14)15-8-7-13(23)10-17(15)24-3/h4-10,19-20,23H,1-3H3. The first-order valence-corrected chi connectivity index (χ1v) is 7.88. The van der Waals surface area contributed by atoms with E-state index in [0.717, 1.165) is 28.2 Å². The molecule has 0 saturated carbocycles. The van der Waals surface area contributed by atoms with Crippen LogP contribution in [0.15, 0.2) is 42.5 Å². The SMILES string of the molecule is COc1cc(O)ccc1C1Nc2c(C)cccc2-c2cc(C)nn21. The molecular formula is C19H19N3O2. The molecule has 5 heteroatoms. The minimum absolute atomic E-state index is 0.180. The summed E-state index contributed by atoms with van der Waals surface area (Å²) < 4.78 is 7.46. The third-order valence-corrected chi connectivity index (χ3v) is 4.44. The first-order chi connectivity index (χ1) is 11.6. The van der Waals surface area contributed by atoms with E-state index < -0.39 is 0 Å². The number of para-hydroxylation sites is 1. The molecule has 0 bridgehead atoms. The Kier molecular flexibility index (Phi) is 3.23. The molecule has 1 unspecified atom stereocenters. The van der Waals surface area contributed by atoms with E-state index in [-0.39, 0.29) is 11.9 Å². The summed E-state index contributed by atoms with van der Waals surface area (Å²) in [6, 6.07) is 13.5. The molecule has 24 heavy (non-hydrogen) atoms. The summed E-state index contributed by atoms with van der Waals surface area (Å²) in [4.78, 5) is 0. The number of aryl methyl sites for hydroxylation is 2. The molecule has 2 N–H and O–H groups in total. The second-order valence-corrected chi connectivity index (χ2v) is 6.09. The van der Waals surface area contributed by atoms with Gasteiger partial charge in [0.05, 0.1) is 18.5 Å². The number of hydrogen-bond acceptors (Lipinski definition) is 4. The highest BCUT2D eigenvalue weighted by atomic mass is 16.5. The number of ether oxygens (including phenoxy) is 1. The normalized spacial score (nSPS) is 15.4. The molecule has 122 valence electrons. The Balaban J connectivity index is 1.94. The van der Waals surface area contributed by atoms with Crippen molar-refractivity contribution in [2.75, 3.05) is 12.4 Å². The van der Waals surface area contributed by atoms with Gasteiger partial charge >= 0.3 is 0 Å². The summed E-state index contributed by atoms with van der Waals surface area (Å²) in [6.07, 6.45) is -0.196. The van der Waals surface area contributed by atoms with Crippen LogP contribution in [0.4, 0.5) is 5.69 Å². The Morgan fingerprint density at radius 1 is 1.17 bits per heavy atom. The maximum atomic E-state index is 9.75. The fraction of sp³-hybridized carbons (Fsp3) is 0.211. The van der Waals surface area contributed by atoms with Gasteiger partial charge in [0.1, 0.15) is 11.5 Å². The van der Waals surface area contributed by atoms with Crippen molar-refractivity contribution in [3.8, 4) is 22.8 Å². The summed E-state index contributed by atoms with van der Waals surface area (Å²) in [6.45, 7) is 4.09. The second-order valence-electron chi connectivity index (χ2n) is 6.09. The molecule has 1 atom stereocenters. The van der Waals surface area contributed by atoms with Gasteiger partial charge < -0.3 is 15.2 Å². The van der Waals surface area contributed by atoms with Gasteiger partial charge in [-0.15, -0.1) is 0 Å². The Morgan fingerprint density at radius 2 is 2.00 bits per heavy atom. The lowest BCUT2D eigenvalue weighted by atomic mass is 10.00. The number of nitrogens with zero attached hydrogens (tertiary/aromatic N) is 2. The number of nitrogens with one attached hydrogen (secondary N) is 1. The van der Waals surface area contributed by atoms with Crippen LogP contribution < -0.4 is 10.1 Å². The lowest BCUT2D eigenvalue weighted by Crippen LogP contribution is -2.26. The highest BCUT2D eigenvalue weighted by Gasteiger charge is 2.29. The van der Waals surface area contributed by atoms with Crippen LogP contribution in [0.1, 0.15) is 23.0 Å². The highest BCUT2D eigenvalue weighted by Crippen LogP contribution is 2.42. The van der Waals surface area contributed by atoms with Crippen LogP contribution in [0.3, 0.4) is 0 Å². The van der Waals surface area contributed by atoms with E-state index in [2.05, 4.69) is 41.6 Å². The number of benzene rings is 2. The largest absolute Gasteiger partial charge is 0.508 e. The Hall–Kier alpha value is -2.95. The first kappa shape index (κ1) is 14.6. The van der Waals surface area contributed by atoms with Crippen LogP contribution >= 0.6 is 0 Å². The highest BCUT2D eigenvalue weighted by molar-refractivity contribution is 5.81. The molecular weight excluding hydrogens is 302 g/mol. The number of phenolic OH excluding ortho intramolecular Hbond substituents is 1. The number of fused-ring (bicyclic) bond motifs is 3. The van der Waals surface area contributed by atoms with Gasteiger partial charge in [0.15, 0.2) is 6.17 Å². The van der Waals surface area contributed by atoms with Crippen molar-refractivity contribution in [2.45, 2.75) is 20.0 Å². The summed E-state index contributed by atoms with van der Waals surface area (Å²) in [7, 11) is 1.61. The molecule has 5 nitrogen and oxygen atoms in total. The van der Waals surface area contributed by atoms with Crippen LogP contribution in [0.25, 0.3) is 11.3 Å². The zero-order valence-corrected chi connectivity index (χ0v) is 13.9. The molecule has 1 aliphatic rings. The van der Waals surface area contributed by atoms with Crippen molar-refractivity contribution < 1.29 is 9.84 Å². The van der Waals surface area contributed by atoms with Gasteiger partial charge in [-0.05, 0) is 37.6 Å². The average molecular weight is 321 g/mol. The van der Waals surface area contributed by atoms with Crippen LogP contribution in [-0.4, -0.2) is 22.0 Å². The van der Waals surface area contributed by atoms with Gasteiger partial charge in [-0.3, -0.25) is 0 Å². The lowest BCUT2D eigenvalue weighted by Gasteiger charge is -2.31. The van der Waals surface area contributed by atoms with E-state index in [1.165, 1.54) is 5.56 Å². The number of anilines is 1. The van der Waals surface area contributed by atoms with Crippen LogP contribution in [0.5, 0.6) is 11.5 Å². The Labute approximate surface area is 140 Å². The van der Waals surface area contributed by atoms with Crippen LogP contribution in [0.2, 0.25) is 0 Å². The van der Waals surface area contributed by atoms with Crippen molar-refractivity contribution in [3.63, 3.8) is 0 Å². The number of aromatic hydroxyl groups is 1. The summed E-state index contributed by atoms with van der Waals surface area (Å²) >= 11 is 0. The fourth-order valence-electron chi connectivity index (χ4n) is 3.32. The zero-order chi connectivity index (χ0) is 16.8. The van der Waals surface area contributed by atoms with Gasteiger partial charge in [0.25, 0.3) is 0 Å². The second kappa shape index (κ2) is 5.30. The van der Waals surface area contributed by atoms with E-state index in [1.807, 2.05) is 17.7 Å². The average Bonchev–Trinajstić information content (AvgIpc) is 2.96. The maximum absolute atomic E-state index is 9.75. The fourth-order valence-corrected chi connectivity index (χ4v) is 3.32. The number of aromatic nitrogens is 2. The Morgan fingerprint density at radius 3 is 2.79 bits per heavy atom. The number of hydrogen-bond donors (Lipinski definition) is 2. The molecule has 0 fully saturated rings. The number of phenols is 1.